The third-order valence-electron chi connectivity index (χ3n) is 20.4. The van der Waals surface area contributed by atoms with Gasteiger partial charge in [0.1, 0.15) is 60.4 Å². The molecule has 12 amide bonds. The van der Waals surface area contributed by atoms with Gasteiger partial charge in [0.05, 0.1) is 33.0 Å². The van der Waals surface area contributed by atoms with Gasteiger partial charge in [0.15, 0.2) is 5.96 Å². The summed E-state index contributed by atoms with van der Waals surface area (Å²) in [7, 11) is 0. The number of fused-ring (bicyclic) bond motifs is 1. The highest BCUT2D eigenvalue weighted by Gasteiger charge is 2.46. The topological polar surface area (TPSA) is 468 Å². The number of carbonyl (C=O) groups excluding carboxylic acids is 11. The smallest absolute Gasteiger partial charge is 0.325 e. The van der Waals surface area contributed by atoms with Crippen molar-refractivity contribution in [2.45, 2.75) is 158 Å². The molecule has 0 saturated carbocycles. The zero-order valence-electron chi connectivity index (χ0n) is 64.9. The highest BCUT2D eigenvalue weighted by atomic mass is 35.5. The number of guanidine groups is 1. The Balaban J connectivity index is 1.01. The monoisotopic (exact) mass is 1600 g/mol. The predicted octanol–water partition coefficient (Wildman–Crippen LogP) is 0.501. The fraction of sp³-hybridized carbons (Fsp3) is 0.451. The summed E-state index contributed by atoms with van der Waals surface area (Å²) in [6.07, 6.45) is 2.84. The minimum absolute atomic E-state index is 0.00150. The number of aromatic nitrogens is 1. The number of pyridine rings is 1. The van der Waals surface area contributed by atoms with Crippen LogP contribution in [0.3, 0.4) is 0 Å². The number of aliphatic hydroxyl groups is 3. The van der Waals surface area contributed by atoms with Crippen LogP contribution in [0.1, 0.15) is 91.8 Å². The van der Waals surface area contributed by atoms with Crippen LogP contribution in [-0.2, 0) is 97.9 Å². The van der Waals surface area contributed by atoms with Gasteiger partial charge in [0, 0.05) is 102 Å². The van der Waals surface area contributed by atoms with Crippen molar-refractivity contribution in [1.82, 2.24) is 72.4 Å². The van der Waals surface area contributed by atoms with Gasteiger partial charge >= 0.3 is 6.03 Å². The van der Waals surface area contributed by atoms with Crippen LogP contribution < -0.4 is 59.3 Å². The molecular formula is C82H106ClN17O15. The van der Waals surface area contributed by atoms with E-state index < -0.39 is 132 Å². The number of urea groups is 1. The van der Waals surface area contributed by atoms with Gasteiger partial charge in [-0.25, -0.2) is 9.69 Å². The zero-order valence-corrected chi connectivity index (χ0v) is 65.7. The minimum Gasteiger partial charge on any atom is -0.395 e. The molecule has 9 rings (SSSR count). The lowest BCUT2D eigenvalue weighted by atomic mass is 9.99. The third kappa shape index (κ3) is 26.3. The van der Waals surface area contributed by atoms with E-state index in [9.17, 15) is 44.1 Å². The second-order valence-electron chi connectivity index (χ2n) is 29.6. The van der Waals surface area contributed by atoms with Gasteiger partial charge in [-0.2, -0.15) is 0 Å². The highest BCUT2D eigenvalue weighted by Crippen LogP contribution is 2.25. The second-order valence-corrected chi connectivity index (χ2v) is 30.1. The van der Waals surface area contributed by atoms with Gasteiger partial charge in [-0.15, -0.1) is 0 Å². The molecule has 0 bridgehead atoms. The van der Waals surface area contributed by atoms with Crippen LogP contribution in [-0.4, -0.2) is 244 Å². The quantitative estimate of drug-likeness (QED) is 0.0107. The van der Waals surface area contributed by atoms with Crippen LogP contribution >= 0.6 is 11.6 Å². The van der Waals surface area contributed by atoms with E-state index in [2.05, 4.69) is 57.7 Å². The number of nitrogens with one attached hydrogen (secondary N) is 10. The van der Waals surface area contributed by atoms with E-state index in [1.54, 1.807) is 72.8 Å². The Morgan fingerprint density at radius 3 is 1.75 bits per heavy atom. The number of halogens is 1. The first-order valence-electron chi connectivity index (χ1n) is 38.8. The van der Waals surface area contributed by atoms with Crippen LogP contribution in [0.4, 0.5) is 4.79 Å². The molecule has 1 aromatic heterocycles. The molecule has 2 unspecified atom stereocenters. The number of nitrogens with two attached hydrogens (primary N) is 2. The number of carbonyl (C=O) groups is 11. The van der Waals surface area contributed by atoms with Crippen molar-refractivity contribution in [3.8, 4) is 0 Å². The van der Waals surface area contributed by atoms with Crippen molar-refractivity contribution < 1.29 is 72.8 Å². The first-order valence-corrected chi connectivity index (χ1v) is 39.2. The number of morpholine rings is 1. The lowest BCUT2D eigenvalue weighted by Gasteiger charge is -2.31. The van der Waals surface area contributed by atoms with Crippen LogP contribution in [0.15, 0.2) is 140 Å². The maximum atomic E-state index is 15.5. The van der Waals surface area contributed by atoms with E-state index in [0.717, 1.165) is 32.4 Å². The molecule has 3 saturated heterocycles. The summed E-state index contributed by atoms with van der Waals surface area (Å²) in [5.74, 6) is -9.05. The van der Waals surface area contributed by atoms with Gasteiger partial charge in [0.2, 0.25) is 53.2 Å². The van der Waals surface area contributed by atoms with E-state index in [-0.39, 0.29) is 109 Å². The maximum Gasteiger partial charge on any atom is 0.325 e. The summed E-state index contributed by atoms with van der Waals surface area (Å²) in [5, 5.41) is 65.2. The first-order chi connectivity index (χ1) is 55.3. The number of aliphatic hydroxyl groups excluding tert-OH is 3. The average molecular weight is 1610 g/mol. The number of imide groups is 1. The van der Waals surface area contributed by atoms with Crippen molar-refractivity contribution in [2.24, 2.45) is 17.4 Å². The molecule has 4 heterocycles. The minimum atomic E-state index is -1.86. The summed E-state index contributed by atoms with van der Waals surface area (Å²) in [4.78, 5) is 171. The molecule has 5 aromatic carbocycles. The fourth-order valence-electron chi connectivity index (χ4n) is 14.2. The largest absolute Gasteiger partial charge is 0.395 e. The van der Waals surface area contributed by atoms with Crippen LogP contribution in [0.2, 0.25) is 5.02 Å². The average Bonchev–Trinajstić information content (AvgIpc) is 1.65. The SMILES string of the molecule is CC(C)C[C@H](NC(=O)[C@@H](Cc1ccc(CN2CCOCC2)cc1)NC(=O)[C@H](Cc1ccc(CN(CCO)CCO)cc1)NC(=O)[C@H](CO)NC(=O)[C@@H](Cc1cccnc1)NC(=O)C(Cc1ccc(Cl)cc1)N1C(=O)NC(Cc2ccc3ccccc3c2)C1=O)C(=O)N[C@@H](CCCNC(=N)N)C(=O)N1CCC[C@H]1C(=O)N[C@H](C)C(N)=O. The van der Waals surface area contributed by atoms with Crippen LogP contribution in [0.25, 0.3) is 10.8 Å². The molecule has 3 aliphatic heterocycles. The third-order valence-corrected chi connectivity index (χ3v) is 20.6. The molecule has 6 aromatic rings. The van der Waals surface area contributed by atoms with Gasteiger partial charge in [-0.05, 0) is 113 Å². The van der Waals surface area contributed by atoms with E-state index in [0.29, 0.717) is 73.1 Å². The molecule has 3 aliphatic rings. The Hall–Kier alpha value is -11.0. The molecule has 17 N–H and O–H groups in total. The highest BCUT2D eigenvalue weighted by molar-refractivity contribution is 6.30. The van der Waals surface area contributed by atoms with E-state index in [1.165, 1.54) is 24.2 Å². The molecule has 3 fully saturated rings. The fourth-order valence-corrected chi connectivity index (χ4v) is 14.3. The number of likely N-dealkylation sites (tertiary alicyclic amines) is 1. The molecule has 0 aliphatic carbocycles. The Bertz CT molecular complexity index is 4330. The summed E-state index contributed by atoms with van der Waals surface area (Å²) in [6, 6.07) is 22.3. The number of nitrogens with zero attached hydrogens (tertiary/aromatic N) is 5. The van der Waals surface area contributed by atoms with Gasteiger partial charge in [0.25, 0.3) is 5.91 Å². The lowest BCUT2D eigenvalue weighted by molar-refractivity contribution is -0.142. The summed E-state index contributed by atoms with van der Waals surface area (Å²) >= 11 is 6.28. The number of hydrogen-bond acceptors (Lipinski definition) is 19. The molecule has 10 atom stereocenters. The molecule has 616 valence electrons. The number of amides is 12. The number of rotatable bonds is 42. The molecule has 0 radical (unpaired) electrons. The van der Waals surface area contributed by atoms with Crippen molar-refractivity contribution in [3.05, 3.63) is 184 Å². The number of primary amides is 1. The van der Waals surface area contributed by atoms with E-state index in [4.69, 9.17) is 33.2 Å². The number of hydrogen-bond donors (Lipinski definition) is 15. The van der Waals surface area contributed by atoms with E-state index >= 15 is 24.0 Å². The van der Waals surface area contributed by atoms with Crippen LogP contribution in [0.5, 0.6) is 0 Å². The Morgan fingerprint density at radius 1 is 0.617 bits per heavy atom. The van der Waals surface area contributed by atoms with Crippen LogP contribution in [0, 0.1) is 11.3 Å². The second kappa shape index (κ2) is 43.5. The molecule has 32 nitrogen and oxygen atoms in total. The molecule has 0 spiro atoms. The zero-order chi connectivity index (χ0) is 82.7. The predicted molar refractivity (Wildman–Crippen MR) is 428 cm³/mol. The Kier molecular flexibility index (Phi) is 33.3. The van der Waals surface area contributed by atoms with E-state index in [1.807, 2.05) is 73.3 Å². The molecule has 33 heteroatoms. The van der Waals surface area contributed by atoms with Gasteiger partial charge in [-0.1, -0.05) is 135 Å². The summed E-state index contributed by atoms with van der Waals surface area (Å²) in [5.41, 5.74) is 15.4. The lowest BCUT2D eigenvalue weighted by Crippen LogP contribution is -2.61. The Labute approximate surface area is 672 Å². The number of benzene rings is 5. The summed E-state index contributed by atoms with van der Waals surface area (Å²) < 4.78 is 5.56. The van der Waals surface area contributed by atoms with Crippen molar-refractivity contribution in [3.63, 3.8) is 0 Å². The normalized spacial score (nSPS) is 17.1. The van der Waals surface area contributed by atoms with Crippen molar-refractivity contribution in [1.29, 1.82) is 5.41 Å². The Morgan fingerprint density at radius 2 is 1.16 bits per heavy atom. The summed E-state index contributed by atoms with van der Waals surface area (Å²) in [6.45, 7) is 7.81. The standard InChI is InChI=1S/C82H106ClN17O15/c1-50(2)39-63(72(105)90-62(12-7-29-88-81(85)86)79(112)99-30-8-13-69(99)77(110)89-51(3)71(84)104)91-73(106)64(41-52-16-20-56(21-17-52)48-98-33-37-115-38-34-98)92-74(107)65(42-53-14-18-55(19-15-53)47-97(31-35-101)32-36-102)93-76(109)68(49-103)95-75(108)66(44-58-9-6-28-87-46-58)94-78(111)70(45-54-23-26-61(83)27-24-54)100-80(113)67(96-82(100)114)43-57-22-25-59-10-4-5-11-60(59)40-57/h4-6,9-11,14-28,40,46,50-51,62-70,101-103H,7-8,12-13,29-39,41-45,47-49H2,1-3H3,(H2,84,104)(H,89,110)(H,90,105)(H,91,106)(H,92,107)(H,93,109)(H,94,111)(H,95,108)(H,96,114)(H4,85,86,88)/t51-,62+,63+,64-,65+,66-,67?,68+,69+,70?/m1/s1. The van der Waals surface area contributed by atoms with Crippen molar-refractivity contribution >= 4 is 93.4 Å². The van der Waals surface area contributed by atoms with Crippen molar-refractivity contribution in [2.75, 3.05) is 72.3 Å². The first kappa shape index (κ1) is 88.0. The van der Waals surface area contributed by atoms with Gasteiger partial charge in [-0.3, -0.25) is 68.1 Å². The molecule has 115 heavy (non-hydrogen) atoms. The number of ether oxygens (including phenoxy) is 1. The molecular weight excluding hydrogens is 1500 g/mol. The maximum absolute atomic E-state index is 15.5. The van der Waals surface area contributed by atoms with Gasteiger partial charge < -0.3 is 84.3 Å².